The van der Waals surface area contributed by atoms with Crippen LogP contribution in [0.5, 0.6) is 0 Å². The molecule has 0 aromatic heterocycles. The number of rotatable bonds is 4. The van der Waals surface area contributed by atoms with Gasteiger partial charge in [0.1, 0.15) is 9.79 Å². The molecule has 21 heavy (non-hydrogen) atoms. The molecule has 2 rings (SSSR count). The Morgan fingerprint density at radius 1 is 0.810 bits per heavy atom. The molecule has 0 amide bonds. The van der Waals surface area contributed by atoms with Crippen molar-refractivity contribution in [2.45, 2.75) is 9.79 Å². The van der Waals surface area contributed by atoms with E-state index < -0.39 is 24.9 Å². The molecular weight excluding hydrogens is 312 g/mol. The van der Waals surface area contributed by atoms with Crippen LogP contribution in [0, 0.1) is 0 Å². The third kappa shape index (κ3) is 3.07. The molecule has 0 atom stereocenters. The fourth-order valence-corrected chi connectivity index (χ4v) is 4.37. The Morgan fingerprint density at radius 2 is 1.29 bits per heavy atom. The number of hydrogen-bond acceptors (Lipinski definition) is 4. The number of para-hydroxylation sites is 1. The lowest BCUT2D eigenvalue weighted by molar-refractivity contribution is 0.582. The molecule has 8 heteroatoms. The van der Waals surface area contributed by atoms with Gasteiger partial charge in [0.05, 0.1) is 5.69 Å². The van der Waals surface area contributed by atoms with Gasteiger partial charge >= 0.3 is 0 Å². The second-order valence-electron chi connectivity index (χ2n) is 4.30. The summed E-state index contributed by atoms with van der Waals surface area (Å²) in [7, 11) is -6.82. The number of anilines is 1. The van der Waals surface area contributed by atoms with E-state index in [9.17, 15) is 16.8 Å². The molecule has 0 bridgehead atoms. The number of nitrogens with zero attached hydrogens (tertiary/aromatic N) is 1. The SMILES string of the molecule is CN(c1ccccc1)S(=O)(=O)c1ccccc1S(N)(=O)=O. The smallest absolute Gasteiger partial charge is 0.265 e. The first-order chi connectivity index (χ1) is 9.74. The van der Waals surface area contributed by atoms with E-state index in [-0.39, 0.29) is 4.90 Å². The minimum Gasteiger partial charge on any atom is -0.269 e. The Bertz CT molecular complexity index is 847. The molecule has 0 spiro atoms. The Labute approximate surface area is 123 Å². The molecule has 2 aromatic rings. The Morgan fingerprint density at radius 3 is 1.81 bits per heavy atom. The highest BCUT2D eigenvalue weighted by molar-refractivity contribution is 7.94. The molecule has 0 saturated carbocycles. The quantitative estimate of drug-likeness (QED) is 0.911. The number of sulfonamides is 2. The maximum absolute atomic E-state index is 12.6. The monoisotopic (exact) mass is 326 g/mol. The summed E-state index contributed by atoms with van der Waals surface area (Å²) >= 11 is 0. The normalized spacial score (nSPS) is 12.1. The van der Waals surface area contributed by atoms with Crippen LogP contribution in [0.25, 0.3) is 0 Å². The van der Waals surface area contributed by atoms with Crippen LogP contribution in [-0.4, -0.2) is 23.9 Å². The molecule has 0 heterocycles. The Kier molecular flexibility index (Phi) is 4.04. The van der Waals surface area contributed by atoms with Crippen LogP contribution in [0.15, 0.2) is 64.4 Å². The van der Waals surface area contributed by atoms with Gasteiger partial charge in [-0.3, -0.25) is 4.31 Å². The van der Waals surface area contributed by atoms with Crippen molar-refractivity contribution in [3.8, 4) is 0 Å². The first-order valence-electron chi connectivity index (χ1n) is 5.90. The summed E-state index contributed by atoms with van der Waals surface area (Å²) in [6.45, 7) is 0. The maximum Gasteiger partial charge on any atom is 0.265 e. The van der Waals surface area contributed by atoms with E-state index in [1.54, 1.807) is 30.3 Å². The average Bonchev–Trinajstić information content (AvgIpc) is 2.46. The lowest BCUT2D eigenvalue weighted by atomic mass is 10.3. The van der Waals surface area contributed by atoms with Crippen molar-refractivity contribution >= 4 is 25.7 Å². The number of primary sulfonamides is 1. The molecule has 0 saturated heterocycles. The highest BCUT2D eigenvalue weighted by Crippen LogP contribution is 2.26. The van der Waals surface area contributed by atoms with Crippen molar-refractivity contribution in [2.75, 3.05) is 11.4 Å². The topological polar surface area (TPSA) is 97.5 Å². The summed E-state index contributed by atoms with van der Waals surface area (Å²) in [6, 6.07) is 13.6. The van der Waals surface area contributed by atoms with Gasteiger partial charge in [-0.15, -0.1) is 0 Å². The summed E-state index contributed by atoms with van der Waals surface area (Å²) in [6.07, 6.45) is 0. The first-order valence-corrected chi connectivity index (χ1v) is 8.89. The molecule has 0 unspecified atom stereocenters. The third-order valence-electron chi connectivity index (χ3n) is 2.91. The van der Waals surface area contributed by atoms with Crippen LogP contribution in [0.1, 0.15) is 0 Å². The highest BCUT2D eigenvalue weighted by atomic mass is 32.2. The van der Waals surface area contributed by atoms with Crippen molar-refractivity contribution in [2.24, 2.45) is 5.14 Å². The summed E-state index contributed by atoms with van der Waals surface area (Å²) < 4.78 is 49.3. The molecule has 6 nitrogen and oxygen atoms in total. The number of benzene rings is 2. The van der Waals surface area contributed by atoms with Crippen LogP contribution in [-0.2, 0) is 20.0 Å². The summed E-state index contributed by atoms with van der Waals surface area (Å²) in [5.41, 5.74) is 0.418. The zero-order valence-electron chi connectivity index (χ0n) is 11.2. The molecule has 0 aliphatic carbocycles. The predicted octanol–water partition coefficient (Wildman–Crippen LogP) is 1.16. The molecule has 0 aliphatic rings. The standard InChI is InChI=1S/C13H14N2O4S2/c1-15(11-7-3-2-4-8-11)21(18,19)13-10-6-5-9-12(13)20(14,16)17/h2-10H,1H3,(H2,14,16,17). The van der Waals surface area contributed by atoms with Crippen molar-refractivity contribution in [1.29, 1.82) is 0 Å². The van der Waals surface area contributed by atoms with Crippen LogP contribution >= 0.6 is 0 Å². The van der Waals surface area contributed by atoms with Crippen molar-refractivity contribution in [1.82, 2.24) is 0 Å². The van der Waals surface area contributed by atoms with E-state index in [0.29, 0.717) is 5.69 Å². The van der Waals surface area contributed by atoms with Crippen molar-refractivity contribution in [3.63, 3.8) is 0 Å². The van der Waals surface area contributed by atoms with E-state index in [0.717, 1.165) is 4.31 Å². The van der Waals surface area contributed by atoms with E-state index in [2.05, 4.69) is 0 Å². The van der Waals surface area contributed by atoms with Gasteiger partial charge in [-0.1, -0.05) is 30.3 Å². The van der Waals surface area contributed by atoms with Crippen LogP contribution in [0.2, 0.25) is 0 Å². The first kappa shape index (κ1) is 15.5. The molecule has 0 aliphatic heterocycles. The molecule has 112 valence electrons. The highest BCUT2D eigenvalue weighted by Gasteiger charge is 2.27. The van der Waals surface area contributed by atoms with Crippen LogP contribution in [0.3, 0.4) is 0 Å². The molecule has 2 N–H and O–H groups in total. The van der Waals surface area contributed by atoms with Gasteiger partial charge in [-0.2, -0.15) is 0 Å². The van der Waals surface area contributed by atoms with E-state index in [1.165, 1.54) is 31.3 Å². The summed E-state index contributed by atoms with van der Waals surface area (Å²) in [5, 5.41) is 5.08. The zero-order valence-corrected chi connectivity index (χ0v) is 12.8. The Balaban J connectivity index is 2.61. The largest absolute Gasteiger partial charge is 0.269 e. The van der Waals surface area contributed by atoms with E-state index >= 15 is 0 Å². The molecule has 0 fully saturated rings. The van der Waals surface area contributed by atoms with Gasteiger partial charge in [0.25, 0.3) is 10.0 Å². The van der Waals surface area contributed by atoms with Crippen molar-refractivity contribution < 1.29 is 16.8 Å². The van der Waals surface area contributed by atoms with Crippen LogP contribution < -0.4 is 9.44 Å². The molecule has 2 aromatic carbocycles. The fourth-order valence-electron chi connectivity index (χ4n) is 1.82. The molecular formula is C13H14N2O4S2. The number of hydrogen-bond donors (Lipinski definition) is 1. The predicted molar refractivity (Wildman–Crippen MR) is 79.8 cm³/mol. The molecule has 0 radical (unpaired) electrons. The second-order valence-corrected chi connectivity index (χ2v) is 7.77. The second kappa shape index (κ2) is 5.47. The Hall–Kier alpha value is -1.90. The van der Waals surface area contributed by atoms with Gasteiger partial charge in [-0.25, -0.2) is 22.0 Å². The average molecular weight is 326 g/mol. The minimum absolute atomic E-state index is 0.348. The minimum atomic E-state index is -4.14. The van der Waals surface area contributed by atoms with Gasteiger partial charge in [0, 0.05) is 7.05 Å². The lowest BCUT2D eigenvalue weighted by Gasteiger charge is -2.20. The fraction of sp³-hybridized carbons (Fsp3) is 0.0769. The lowest BCUT2D eigenvalue weighted by Crippen LogP contribution is -2.28. The summed E-state index contributed by atoms with van der Waals surface area (Å²) in [4.78, 5) is -0.772. The maximum atomic E-state index is 12.6. The van der Waals surface area contributed by atoms with Crippen LogP contribution in [0.4, 0.5) is 5.69 Å². The van der Waals surface area contributed by atoms with Gasteiger partial charge in [0.15, 0.2) is 0 Å². The zero-order chi connectivity index (χ0) is 15.7. The van der Waals surface area contributed by atoms with Gasteiger partial charge < -0.3 is 0 Å². The van der Waals surface area contributed by atoms with E-state index in [1.807, 2.05) is 0 Å². The van der Waals surface area contributed by atoms with E-state index in [4.69, 9.17) is 5.14 Å². The third-order valence-corrected chi connectivity index (χ3v) is 5.86. The van der Waals surface area contributed by atoms with Gasteiger partial charge in [0.2, 0.25) is 10.0 Å². The number of nitrogens with two attached hydrogens (primary N) is 1. The van der Waals surface area contributed by atoms with Crippen molar-refractivity contribution in [3.05, 3.63) is 54.6 Å². The van der Waals surface area contributed by atoms with Gasteiger partial charge in [-0.05, 0) is 24.3 Å². The summed E-state index contributed by atoms with van der Waals surface area (Å²) in [5.74, 6) is 0.